The van der Waals surface area contributed by atoms with Gasteiger partial charge in [-0.05, 0) is 6.42 Å². The Labute approximate surface area is 67.4 Å². The first-order chi connectivity index (χ1) is 5.31. The van der Waals surface area contributed by atoms with Gasteiger partial charge in [0.05, 0.1) is 19.6 Å². The van der Waals surface area contributed by atoms with E-state index in [1.807, 2.05) is 0 Å². The maximum atomic E-state index is 10.6. The van der Waals surface area contributed by atoms with E-state index in [4.69, 9.17) is 9.84 Å². The van der Waals surface area contributed by atoms with Crippen LogP contribution in [-0.2, 0) is 9.53 Å². The van der Waals surface area contributed by atoms with Crippen LogP contribution in [0, 0.1) is 6.42 Å². The number of esters is 1. The van der Waals surface area contributed by atoms with E-state index >= 15 is 0 Å². The predicted octanol–water partition coefficient (Wildman–Crippen LogP) is 0.916. The van der Waals surface area contributed by atoms with Gasteiger partial charge in [0.25, 0.3) is 0 Å². The molecule has 0 aromatic heterocycles. The highest BCUT2D eigenvalue weighted by Crippen LogP contribution is 1.94. The van der Waals surface area contributed by atoms with Gasteiger partial charge in [0.1, 0.15) is 0 Å². The topological polar surface area (TPSA) is 46.5 Å². The summed E-state index contributed by atoms with van der Waals surface area (Å²) in [5.74, 6) is -0.427. The van der Waals surface area contributed by atoms with Gasteiger partial charge in [-0.2, -0.15) is 0 Å². The summed E-state index contributed by atoms with van der Waals surface area (Å²) < 4.78 is 4.73. The SMILES string of the molecule is CCCCCOC(=O)[CH]CO. The number of rotatable bonds is 6. The van der Waals surface area contributed by atoms with Crippen LogP contribution >= 0.6 is 0 Å². The molecule has 0 rings (SSSR count). The lowest BCUT2D eigenvalue weighted by Crippen LogP contribution is -2.08. The van der Waals surface area contributed by atoms with Gasteiger partial charge in [-0.25, -0.2) is 0 Å². The molecular formula is C8H15O3. The van der Waals surface area contributed by atoms with Crippen molar-refractivity contribution in [2.75, 3.05) is 13.2 Å². The van der Waals surface area contributed by atoms with Crippen LogP contribution in [0.4, 0.5) is 0 Å². The first-order valence-electron chi connectivity index (χ1n) is 3.92. The summed E-state index contributed by atoms with van der Waals surface area (Å²) >= 11 is 0. The Kier molecular flexibility index (Phi) is 7.15. The van der Waals surface area contributed by atoms with Crippen molar-refractivity contribution in [2.45, 2.75) is 26.2 Å². The molecule has 0 unspecified atom stereocenters. The van der Waals surface area contributed by atoms with Crippen molar-refractivity contribution >= 4 is 5.97 Å². The minimum absolute atomic E-state index is 0.243. The van der Waals surface area contributed by atoms with Crippen molar-refractivity contribution < 1.29 is 14.6 Å². The Balaban J connectivity index is 3.04. The van der Waals surface area contributed by atoms with E-state index in [0.717, 1.165) is 25.7 Å². The van der Waals surface area contributed by atoms with Crippen molar-refractivity contribution in [1.29, 1.82) is 0 Å². The molecule has 3 heteroatoms. The third-order valence-electron chi connectivity index (χ3n) is 1.25. The van der Waals surface area contributed by atoms with E-state index in [-0.39, 0.29) is 6.61 Å². The molecule has 0 aromatic rings. The largest absolute Gasteiger partial charge is 0.465 e. The summed E-state index contributed by atoms with van der Waals surface area (Å²) in [6, 6.07) is 0. The second-order valence-corrected chi connectivity index (χ2v) is 2.26. The molecule has 0 heterocycles. The Morgan fingerprint density at radius 3 is 2.82 bits per heavy atom. The quantitative estimate of drug-likeness (QED) is 0.463. The van der Waals surface area contributed by atoms with Crippen LogP contribution in [0.2, 0.25) is 0 Å². The molecule has 3 nitrogen and oxygen atoms in total. The van der Waals surface area contributed by atoms with Gasteiger partial charge in [0, 0.05) is 0 Å². The Bertz CT molecular complexity index is 102. The molecule has 0 aliphatic heterocycles. The minimum atomic E-state index is -0.427. The van der Waals surface area contributed by atoms with Gasteiger partial charge in [0.15, 0.2) is 0 Å². The average molecular weight is 159 g/mol. The predicted molar refractivity (Wildman–Crippen MR) is 41.9 cm³/mol. The zero-order chi connectivity index (χ0) is 8.53. The fourth-order valence-electron chi connectivity index (χ4n) is 0.658. The Hall–Kier alpha value is -0.570. The highest BCUT2D eigenvalue weighted by atomic mass is 16.5. The van der Waals surface area contributed by atoms with Crippen molar-refractivity contribution in [1.82, 2.24) is 0 Å². The fourth-order valence-corrected chi connectivity index (χ4v) is 0.658. The molecular weight excluding hydrogens is 144 g/mol. The molecule has 11 heavy (non-hydrogen) atoms. The van der Waals surface area contributed by atoms with Crippen LogP contribution in [0.3, 0.4) is 0 Å². The summed E-state index contributed by atoms with van der Waals surface area (Å²) in [6.45, 7) is 2.30. The third kappa shape index (κ3) is 7.33. The van der Waals surface area contributed by atoms with Gasteiger partial charge in [0.2, 0.25) is 0 Å². The molecule has 0 aliphatic rings. The first kappa shape index (κ1) is 10.4. The fraction of sp³-hybridized carbons (Fsp3) is 0.750. The Morgan fingerprint density at radius 1 is 1.55 bits per heavy atom. The van der Waals surface area contributed by atoms with E-state index in [1.54, 1.807) is 0 Å². The molecule has 0 aromatic carbocycles. The number of aliphatic hydroxyl groups excluding tert-OH is 1. The van der Waals surface area contributed by atoms with Gasteiger partial charge >= 0.3 is 5.97 Å². The van der Waals surface area contributed by atoms with Crippen molar-refractivity contribution in [3.63, 3.8) is 0 Å². The highest BCUT2D eigenvalue weighted by molar-refractivity contribution is 5.78. The summed E-state index contributed by atoms with van der Waals surface area (Å²) in [4.78, 5) is 10.6. The van der Waals surface area contributed by atoms with E-state index in [9.17, 15) is 4.79 Å². The molecule has 1 N–H and O–H groups in total. The lowest BCUT2D eigenvalue weighted by Gasteiger charge is -2.01. The number of ether oxygens (including phenoxy) is 1. The maximum absolute atomic E-state index is 10.6. The summed E-state index contributed by atoms with van der Waals surface area (Å²) in [7, 11) is 0. The second-order valence-electron chi connectivity index (χ2n) is 2.26. The second kappa shape index (κ2) is 7.54. The zero-order valence-electron chi connectivity index (χ0n) is 6.88. The van der Waals surface area contributed by atoms with E-state index in [1.165, 1.54) is 0 Å². The van der Waals surface area contributed by atoms with Crippen LogP contribution in [0.25, 0.3) is 0 Å². The molecule has 0 aliphatic carbocycles. The molecule has 1 radical (unpaired) electrons. The van der Waals surface area contributed by atoms with Crippen molar-refractivity contribution in [3.8, 4) is 0 Å². The number of hydrogen-bond acceptors (Lipinski definition) is 3. The lowest BCUT2D eigenvalue weighted by molar-refractivity contribution is -0.140. The molecule has 0 atom stereocenters. The zero-order valence-corrected chi connectivity index (χ0v) is 6.88. The van der Waals surface area contributed by atoms with E-state index in [0.29, 0.717) is 6.61 Å². The Morgan fingerprint density at radius 2 is 2.27 bits per heavy atom. The molecule has 0 fully saturated rings. The summed E-state index contributed by atoms with van der Waals surface area (Å²) in [5, 5.41) is 8.28. The first-order valence-corrected chi connectivity index (χ1v) is 3.92. The van der Waals surface area contributed by atoms with Gasteiger partial charge in [-0.3, -0.25) is 4.79 Å². The van der Waals surface area contributed by atoms with Gasteiger partial charge in [-0.15, -0.1) is 0 Å². The normalized spacial score (nSPS) is 9.64. The minimum Gasteiger partial charge on any atom is -0.465 e. The smallest absolute Gasteiger partial charge is 0.312 e. The molecule has 0 saturated heterocycles. The van der Waals surface area contributed by atoms with Crippen LogP contribution < -0.4 is 0 Å². The standard InChI is InChI=1S/C8H15O3/c1-2-3-4-7-11-8(10)5-6-9/h5,9H,2-4,6-7H2,1H3. The summed E-state index contributed by atoms with van der Waals surface area (Å²) in [6.07, 6.45) is 4.21. The maximum Gasteiger partial charge on any atom is 0.312 e. The van der Waals surface area contributed by atoms with Crippen molar-refractivity contribution in [3.05, 3.63) is 6.42 Å². The molecule has 0 spiro atoms. The number of carbonyl (C=O) groups excluding carboxylic acids is 1. The van der Waals surface area contributed by atoms with Gasteiger partial charge < -0.3 is 9.84 Å². The van der Waals surface area contributed by atoms with Crippen LogP contribution in [0.5, 0.6) is 0 Å². The number of aliphatic hydroxyl groups is 1. The number of hydrogen-bond donors (Lipinski definition) is 1. The van der Waals surface area contributed by atoms with Crippen LogP contribution in [-0.4, -0.2) is 24.3 Å². The highest BCUT2D eigenvalue weighted by Gasteiger charge is 1.99. The van der Waals surface area contributed by atoms with Gasteiger partial charge in [-0.1, -0.05) is 19.8 Å². The molecule has 0 bridgehead atoms. The van der Waals surface area contributed by atoms with E-state index in [2.05, 4.69) is 6.92 Å². The van der Waals surface area contributed by atoms with Crippen LogP contribution in [0.1, 0.15) is 26.2 Å². The lowest BCUT2D eigenvalue weighted by atomic mass is 10.3. The van der Waals surface area contributed by atoms with Crippen molar-refractivity contribution in [2.24, 2.45) is 0 Å². The number of carbonyl (C=O) groups is 1. The third-order valence-corrected chi connectivity index (χ3v) is 1.25. The monoisotopic (exact) mass is 159 g/mol. The van der Waals surface area contributed by atoms with E-state index < -0.39 is 5.97 Å². The van der Waals surface area contributed by atoms with Crippen LogP contribution in [0.15, 0.2) is 0 Å². The number of unbranched alkanes of at least 4 members (excludes halogenated alkanes) is 2. The molecule has 0 saturated carbocycles. The summed E-state index contributed by atoms with van der Waals surface area (Å²) in [5.41, 5.74) is 0. The molecule has 65 valence electrons. The molecule has 0 amide bonds. The average Bonchev–Trinajstić information content (AvgIpc) is 1.99.